The van der Waals surface area contributed by atoms with Crippen molar-refractivity contribution >= 4 is 38.9 Å². The monoisotopic (exact) mass is 491 g/mol. The van der Waals surface area contributed by atoms with E-state index in [0.29, 0.717) is 23.4 Å². The zero-order chi connectivity index (χ0) is 25.2. The Morgan fingerprint density at radius 3 is 2.29 bits per heavy atom. The number of nitrogens with one attached hydrogen (secondary N) is 1. The van der Waals surface area contributed by atoms with E-state index in [1.54, 1.807) is 41.3 Å². The molecule has 8 heteroatoms. The lowest BCUT2D eigenvalue weighted by molar-refractivity contribution is -0.117. The van der Waals surface area contributed by atoms with Crippen LogP contribution in [0.25, 0.3) is 0 Å². The molecule has 0 spiro atoms. The first-order valence-electron chi connectivity index (χ1n) is 11.5. The summed E-state index contributed by atoms with van der Waals surface area (Å²) in [6.07, 6.45) is 2.63. The maximum atomic E-state index is 12.7. The minimum absolute atomic E-state index is 0.119. The molecule has 7 nitrogen and oxygen atoms in total. The maximum absolute atomic E-state index is 12.7. The average molecular weight is 492 g/mol. The number of carbonyl (C=O) groups is 2. The lowest BCUT2D eigenvalue weighted by Gasteiger charge is -2.25. The molecule has 0 aromatic heterocycles. The third-order valence-electron chi connectivity index (χ3n) is 6.09. The van der Waals surface area contributed by atoms with Crippen LogP contribution in [0.2, 0.25) is 0 Å². The van der Waals surface area contributed by atoms with Crippen molar-refractivity contribution in [3.8, 4) is 0 Å². The van der Waals surface area contributed by atoms with Crippen molar-refractivity contribution in [2.24, 2.45) is 0 Å². The van der Waals surface area contributed by atoms with Crippen LogP contribution < -0.4 is 14.5 Å². The number of aryl methyl sites for hydroxylation is 2. The summed E-state index contributed by atoms with van der Waals surface area (Å²) in [5.41, 5.74) is 5.19. The van der Waals surface area contributed by atoms with E-state index < -0.39 is 10.0 Å². The first kappa shape index (κ1) is 24.5. The number of hydrogen-bond acceptors (Lipinski definition) is 4. The second-order valence-corrected chi connectivity index (χ2v) is 10.8. The molecule has 4 rings (SSSR count). The molecular weight excluding hydrogens is 462 g/mol. The Morgan fingerprint density at radius 2 is 1.69 bits per heavy atom. The van der Waals surface area contributed by atoms with E-state index in [0.717, 1.165) is 35.3 Å². The summed E-state index contributed by atoms with van der Waals surface area (Å²) in [4.78, 5) is 26.4. The minimum atomic E-state index is -3.51. The van der Waals surface area contributed by atoms with Crippen molar-refractivity contribution in [2.75, 3.05) is 27.3 Å². The van der Waals surface area contributed by atoms with Gasteiger partial charge in [0.1, 0.15) is 0 Å². The summed E-state index contributed by atoms with van der Waals surface area (Å²) >= 11 is 0. The van der Waals surface area contributed by atoms with Crippen molar-refractivity contribution in [3.05, 3.63) is 89.0 Å². The van der Waals surface area contributed by atoms with E-state index in [9.17, 15) is 18.0 Å². The zero-order valence-electron chi connectivity index (χ0n) is 20.1. The van der Waals surface area contributed by atoms with Crippen LogP contribution in [0, 0.1) is 13.8 Å². The number of nitrogens with zero attached hydrogens (tertiary/aromatic N) is 2. The summed E-state index contributed by atoms with van der Waals surface area (Å²) in [6.45, 7) is 4.70. The lowest BCUT2D eigenvalue weighted by Crippen LogP contribution is -2.30. The number of anilines is 3. The Morgan fingerprint density at radius 1 is 1.00 bits per heavy atom. The van der Waals surface area contributed by atoms with Crippen molar-refractivity contribution < 1.29 is 18.0 Å². The molecule has 1 aliphatic heterocycles. The Bertz CT molecular complexity index is 1350. The van der Waals surface area contributed by atoms with Crippen LogP contribution in [0.4, 0.5) is 17.1 Å². The molecule has 1 saturated heterocycles. The fourth-order valence-corrected chi connectivity index (χ4v) is 5.08. The van der Waals surface area contributed by atoms with E-state index in [-0.39, 0.29) is 18.4 Å². The first-order chi connectivity index (χ1) is 16.6. The van der Waals surface area contributed by atoms with Crippen LogP contribution in [0.15, 0.2) is 66.7 Å². The Labute approximate surface area is 206 Å². The molecule has 3 aromatic carbocycles. The number of rotatable bonds is 7. The van der Waals surface area contributed by atoms with Gasteiger partial charge in [0.15, 0.2) is 0 Å². The van der Waals surface area contributed by atoms with Gasteiger partial charge in [0.05, 0.1) is 18.5 Å². The van der Waals surface area contributed by atoms with Gasteiger partial charge in [-0.05, 0) is 79.4 Å². The van der Waals surface area contributed by atoms with Gasteiger partial charge in [-0.3, -0.25) is 13.9 Å². The SMILES string of the molecule is Cc1ccc(C)c(N(Cc2ccc(C(=O)Nc3ccc(N4CCCC4=O)cc3)cc2)S(C)(=O)=O)c1. The molecule has 0 saturated carbocycles. The van der Waals surface area contributed by atoms with Crippen molar-refractivity contribution in [1.29, 1.82) is 0 Å². The van der Waals surface area contributed by atoms with Gasteiger partial charge >= 0.3 is 0 Å². The van der Waals surface area contributed by atoms with Crippen LogP contribution in [0.3, 0.4) is 0 Å². The molecule has 182 valence electrons. The summed E-state index contributed by atoms with van der Waals surface area (Å²) in [5.74, 6) is -0.148. The molecule has 2 amide bonds. The van der Waals surface area contributed by atoms with Crippen molar-refractivity contribution in [2.45, 2.75) is 33.2 Å². The van der Waals surface area contributed by atoms with Gasteiger partial charge in [0.25, 0.3) is 5.91 Å². The molecule has 1 heterocycles. The molecule has 0 atom stereocenters. The quantitative estimate of drug-likeness (QED) is 0.521. The zero-order valence-corrected chi connectivity index (χ0v) is 20.9. The van der Waals surface area contributed by atoms with Crippen LogP contribution in [0.5, 0.6) is 0 Å². The van der Waals surface area contributed by atoms with Gasteiger partial charge in [0, 0.05) is 29.9 Å². The largest absolute Gasteiger partial charge is 0.322 e. The molecule has 1 N–H and O–H groups in total. The smallest absolute Gasteiger partial charge is 0.255 e. The van der Waals surface area contributed by atoms with E-state index >= 15 is 0 Å². The highest BCUT2D eigenvalue weighted by Gasteiger charge is 2.22. The molecule has 0 aliphatic carbocycles. The molecule has 0 radical (unpaired) electrons. The number of amides is 2. The molecule has 3 aromatic rings. The van der Waals surface area contributed by atoms with Gasteiger partial charge in [-0.25, -0.2) is 8.42 Å². The van der Waals surface area contributed by atoms with E-state index in [1.165, 1.54) is 10.6 Å². The van der Waals surface area contributed by atoms with Crippen LogP contribution in [-0.2, 0) is 21.4 Å². The molecule has 35 heavy (non-hydrogen) atoms. The second-order valence-electron chi connectivity index (χ2n) is 8.91. The Balaban J connectivity index is 1.45. The average Bonchev–Trinajstić information content (AvgIpc) is 3.25. The Hall–Kier alpha value is -3.65. The fraction of sp³-hybridized carbons (Fsp3) is 0.259. The summed E-state index contributed by atoms with van der Waals surface area (Å²) in [5, 5.41) is 2.86. The highest BCUT2D eigenvalue weighted by Crippen LogP contribution is 2.26. The highest BCUT2D eigenvalue weighted by atomic mass is 32.2. The van der Waals surface area contributed by atoms with Crippen LogP contribution >= 0.6 is 0 Å². The molecule has 1 aliphatic rings. The predicted octanol–water partition coefficient (Wildman–Crippen LogP) is 4.65. The third kappa shape index (κ3) is 5.71. The number of carbonyl (C=O) groups excluding carboxylic acids is 2. The first-order valence-corrected chi connectivity index (χ1v) is 13.3. The summed E-state index contributed by atoms with van der Waals surface area (Å²) in [7, 11) is -3.51. The third-order valence-corrected chi connectivity index (χ3v) is 7.21. The van der Waals surface area contributed by atoms with Gasteiger partial charge < -0.3 is 10.2 Å². The van der Waals surface area contributed by atoms with Gasteiger partial charge in [-0.1, -0.05) is 24.3 Å². The van der Waals surface area contributed by atoms with Crippen molar-refractivity contribution in [1.82, 2.24) is 0 Å². The van der Waals surface area contributed by atoms with E-state index in [2.05, 4.69) is 5.32 Å². The number of benzene rings is 3. The lowest BCUT2D eigenvalue weighted by atomic mass is 10.1. The fourth-order valence-electron chi connectivity index (χ4n) is 4.15. The van der Waals surface area contributed by atoms with Gasteiger partial charge in [-0.2, -0.15) is 0 Å². The number of hydrogen-bond donors (Lipinski definition) is 1. The molecule has 0 unspecified atom stereocenters. The summed E-state index contributed by atoms with van der Waals surface area (Å²) in [6, 6.07) is 19.8. The molecular formula is C27H29N3O4S. The second kappa shape index (κ2) is 9.92. The Kier molecular flexibility index (Phi) is 6.93. The van der Waals surface area contributed by atoms with Crippen LogP contribution in [-0.4, -0.2) is 33.0 Å². The van der Waals surface area contributed by atoms with Gasteiger partial charge in [0.2, 0.25) is 15.9 Å². The normalized spacial score (nSPS) is 13.7. The van der Waals surface area contributed by atoms with Crippen molar-refractivity contribution in [3.63, 3.8) is 0 Å². The highest BCUT2D eigenvalue weighted by molar-refractivity contribution is 7.92. The predicted molar refractivity (Wildman–Crippen MR) is 139 cm³/mol. The maximum Gasteiger partial charge on any atom is 0.255 e. The standard InChI is InChI=1S/C27H29N3O4S/c1-19-6-7-20(2)25(17-19)30(35(3,33)34)18-21-8-10-22(11-9-21)27(32)28-23-12-14-24(15-13-23)29-16-4-5-26(29)31/h6-15,17H,4-5,16,18H2,1-3H3,(H,28,32). The van der Waals surface area contributed by atoms with E-state index in [4.69, 9.17) is 0 Å². The minimum Gasteiger partial charge on any atom is -0.322 e. The number of sulfonamides is 1. The van der Waals surface area contributed by atoms with Crippen LogP contribution in [0.1, 0.15) is 39.9 Å². The summed E-state index contributed by atoms with van der Waals surface area (Å²) < 4.78 is 26.5. The molecule has 0 bridgehead atoms. The van der Waals surface area contributed by atoms with Gasteiger partial charge in [-0.15, -0.1) is 0 Å². The topological polar surface area (TPSA) is 86.8 Å². The molecule has 1 fully saturated rings. The van der Waals surface area contributed by atoms with E-state index in [1.807, 2.05) is 44.2 Å².